The Morgan fingerprint density at radius 1 is 1.21 bits per heavy atom. The fourth-order valence-electron chi connectivity index (χ4n) is 3.40. The molecule has 7 nitrogen and oxygen atoms in total. The minimum absolute atomic E-state index is 0.0269. The molecule has 158 valence electrons. The fourth-order valence-corrected chi connectivity index (χ4v) is 5.16. The SMILES string of the molecule is Cc1noc(C)c1S(=O)(=O)N1CCC(NC(=O)c2ccccc2C(F)(F)F)CC1. The summed E-state index contributed by atoms with van der Waals surface area (Å²) in [6.07, 6.45) is -4.08. The second-order valence-electron chi connectivity index (χ2n) is 6.85. The highest BCUT2D eigenvalue weighted by atomic mass is 32.2. The van der Waals surface area contributed by atoms with Crippen LogP contribution >= 0.6 is 0 Å². The Bertz CT molecular complexity index is 990. The van der Waals surface area contributed by atoms with Crippen LogP contribution < -0.4 is 5.32 Å². The molecule has 1 aliphatic rings. The number of nitrogens with zero attached hydrogens (tertiary/aromatic N) is 2. The van der Waals surface area contributed by atoms with Gasteiger partial charge in [-0.15, -0.1) is 0 Å². The van der Waals surface area contributed by atoms with E-state index in [0.29, 0.717) is 0 Å². The van der Waals surface area contributed by atoms with Gasteiger partial charge < -0.3 is 9.84 Å². The van der Waals surface area contributed by atoms with Gasteiger partial charge in [0.05, 0.1) is 11.1 Å². The monoisotopic (exact) mass is 431 g/mol. The van der Waals surface area contributed by atoms with Gasteiger partial charge in [-0.3, -0.25) is 4.79 Å². The van der Waals surface area contributed by atoms with Gasteiger partial charge in [-0.05, 0) is 38.8 Å². The molecule has 1 amide bonds. The summed E-state index contributed by atoms with van der Waals surface area (Å²) in [5.41, 5.74) is -1.19. The maximum absolute atomic E-state index is 13.1. The Balaban J connectivity index is 1.67. The molecule has 0 spiro atoms. The first kappa shape index (κ1) is 21.3. The summed E-state index contributed by atoms with van der Waals surface area (Å²) in [5.74, 6) is -0.633. The highest BCUT2D eigenvalue weighted by Crippen LogP contribution is 2.32. The maximum Gasteiger partial charge on any atom is 0.417 e. The van der Waals surface area contributed by atoms with E-state index in [-0.39, 0.29) is 42.3 Å². The van der Waals surface area contributed by atoms with Crippen molar-refractivity contribution in [2.75, 3.05) is 13.1 Å². The van der Waals surface area contributed by atoms with Crippen LogP contribution in [0, 0.1) is 13.8 Å². The number of halogens is 3. The molecule has 0 radical (unpaired) electrons. The first-order valence-corrected chi connectivity index (χ1v) is 10.4. The summed E-state index contributed by atoms with van der Waals surface area (Å²) >= 11 is 0. The fraction of sp³-hybridized carbons (Fsp3) is 0.444. The van der Waals surface area contributed by atoms with E-state index in [1.54, 1.807) is 0 Å². The number of amides is 1. The zero-order valence-electron chi connectivity index (χ0n) is 15.8. The summed E-state index contributed by atoms with van der Waals surface area (Å²) in [6.45, 7) is 3.29. The summed E-state index contributed by atoms with van der Waals surface area (Å²) < 4.78 is 71.1. The second kappa shape index (κ2) is 7.79. The van der Waals surface area contributed by atoms with Gasteiger partial charge in [0.1, 0.15) is 10.6 Å². The van der Waals surface area contributed by atoms with Crippen molar-refractivity contribution in [3.63, 3.8) is 0 Å². The number of benzene rings is 1. The summed E-state index contributed by atoms with van der Waals surface area (Å²) in [6, 6.07) is 4.13. The lowest BCUT2D eigenvalue weighted by Gasteiger charge is -2.31. The lowest BCUT2D eigenvalue weighted by molar-refractivity contribution is -0.137. The second-order valence-corrected chi connectivity index (χ2v) is 8.72. The summed E-state index contributed by atoms with van der Waals surface area (Å²) in [4.78, 5) is 12.4. The van der Waals surface area contributed by atoms with E-state index >= 15 is 0 Å². The van der Waals surface area contributed by atoms with E-state index < -0.39 is 39.3 Å². The van der Waals surface area contributed by atoms with Crippen LogP contribution in [0.2, 0.25) is 0 Å². The number of aromatic nitrogens is 1. The third-order valence-corrected chi connectivity index (χ3v) is 6.98. The molecule has 11 heteroatoms. The Morgan fingerprint density at radius 3 is 2.38 bits per heavy atom. The van der Waals surface area contributed by atoms with Crippen molar-refractivity contribution in [2.24, 2.45) is 0 Å². The average Bonchev–Trinajstić information content (AvgIpc) is 3.00. The van der Waals surface area contributed by atoms with Crippen molar-refractivity contribution in [1.82, 2.24) is 14.8 Å². The summed E-state index contributed by atoms with van der Waals surface area (Å²) in [5, 5.41) is 6.25. The topological polar surface area (TPSA) is 92.5 Å². The number of aryl methyl sites for hydroxylation is 2. The quantitative estimate of drug-likeness (QED) is 0.804. The number of nitrogens with one attached hydrogen (secondary N) is 1. The lowest BCUT2D eigenvalue weighted by atomic mass is 10.0. The van der Waals surface area contributed by atoms with E-state index in [9.17, 15) is 26.4 Å². The number of alkyl halides is 3. The van der Waals surface area contributed by atoms with Crippen LogP contribution in [-0.2, 0) is 16.2 Å². The van der Waals surface area contributed by atoms with Crippen LogP contribution in [0.3, 0.4) is 0 Å². The third kappa shape index (κ3) is 4.30. The van der Waals surface area contributed by atoms with Gasteiger partial charge in [0.25, 0.3) is 5.91 Å². The molecule has 1 N–H and O–H groups in total. The zero-order valence-corrected chi connectivity index (χ0v) is 16.6. The van der Waals surface area contributed by atoms with Crippen molar-refractivity contribution in [3.8, 4) is 0 Å². The Morgan fingerprint density at radius 2 is 1.83 bits per heavy atom. The molecule has 2 aromatic rings. The smallest absolute Gasteiger partial charge is 0.360 e. The molecule has 0 aliphatic carbocycles. The van der Waals surface area contributed by atoms with E-state index in [0.717, 1.165) is 12.1 Å². The molecule has 0 unspecified atom stereocenters. The molecule has 1 aliphatic heterocycles. The molecule has 3 rings (SSSR count). The predicted molar refractivity (Wildman–Crippen MR) is 96.7 cm³/mol. The normalized spacial score (nSPS) is 16.7. The molecule has 0 atom stereocenters. The molecule has 0 saturated carbocycles. The Labute approximate surface area is 165 Å². The molecule has 29 heavy (non-hydrogen) atoms. The number of sulfonamides is 1. The molecular weight excluding hydrogens is 411 g/mol. The van der Waals surface area contributed by atoms with Crippen molar-refractivity contribution in [3.05, 3.63) is 46.8 Å². The van der Waals surface area contributed by atoms with Crippen LogP contribution in [0.25, 0.3) is 0 Å². The molecule has 1 saturated heterocycles. The number of carbonyl (C=O) groups is 1. The molecule has 0 bridgehead atoms. The number of hydrogen-bond acceptors (Lipinski definition) is 5. The molecular formula is C18H20F3N3O4S. The minimum Gasteiger partial charge on any atom is -0.360 e. The standard InChI is InChI=1S/C18H20F3N3O4S/c1-11-16(12(2)28-23-11)29(26,27)24-9-7-13(8-10-24)22-17(25)14-5-3-4-6-15(14)18(19,20)21/h3-6,13H,7-10H2,1-2H3,(H,22,25). The van der Waals surface area contributed by atoms with Gasteiger partial charge in [-0.2, -0.15) is 17.5 Å². The molecule has 2 heterocycles. The van der Waals surface area contributed by atoms with Crippen molar-refractivity contribution in [2.45, 2.75) is 43.8 Å². The highest BCUT2D eigenvalue weighted by molar-refractivity contribution is 7.89. The summed E-state index contributed by atoms with van der Waals surface area (Å²) in [7, 11) is -3.79. The van der Waals surface area contributed by atoms with Crippen LogP contribution in [0.15, 0.2) is 33.7 Å². The maximum atomic E-state index is 13.1. The number of rotatable bonds is 4. The Hall–Kier alpha value is -2.40. The van der Waals surface area contributed by atoms with Crippen molar-refractivity contribution >= 4 is 15.9 Å². The van der Waals surface area contributed by atoms with Crippen LogP contribution in [0.1, 0.15) is 40.2 Å². The minimum atomic E-state index is -4.64. The molecule has 1 fully saturated rings. The van der Waals surface area contributed by atoms with E-state index in [4.69, 9.17) is 4.52 Å². The first-order valence-electron chi connectivity index (χ1n) is 8.92. The van der Waals surface area contributed by atoms with Gasteiger partial charge in [0.15, 0.2) is 5.76 Å². The van der Waals surface area contributed by atoms with Crippen LogP contribution in [0.5, 0.6) is 0 Å². The average molecular weight is 431 g/mol. The predicted octanol–water partition coefficient (Wildman–Crippen LogP) is 2.89. The van der Waals surface area contributed by atoms with E-state index in [1.165, 1.54) is 30.3 Å². The number of hydrogen-bond donors (Lipinski definition) is 1. The van der Waals surface area contributed by atoms with Gasteiger partial charge >= 0.3 is 6.18 Å². The molecule has 1 aromatic heterocycles. The van der Waals surface area contributed by atoms with Crippen LogP contribution in [-0.4, -0.2) is 42.9 Å². The van der Waals surface area contributed by atoms with Crippen molar-refractivity contribution < 1.29 is 30.9 Å². The van der Waals surface area contributed by atoms with Gasteiger partial charge in [-0.1, -0.05) is 17.3 Å². The zero-order chi connectivity index (χ0) is 21.4. The van der Waals surface area contributed by atoms with Gasteiger partial charge in [0.2, 0.25) is 10.0 Å². The lowest BCUT2D eigenvalue weighted by Crippen LogP contribution is -2.46. The Kier molecular flexibility index (Phi) is 5.72. The highest BCUT2D eigenvalue weighted by Gasteiger charge is 2.37. The van der Waals surface area contributed by atoms with E-state index in [1.807, 2.05) is 0 Å². The first-order chi connectivity index (χ1) is 13.5. The third-order valence-electron chi connectivity index (χ3n) is 4.83. The van der Waals surface area contributed by atoms with Crippen LogP contribution in [0.4, 0.5) is 13.2 Å². The van der Waals surface area contributed by atoms with Gasteiger partial charge in [0, 0.05) is 19.1 Å². The van der Waals surface area contributed by atoms with Crippen molar-refractivity contribution in [1.29, 1.82) is 0 Å². The molecule has 1 aromatic carbocycles. The largest absolute Gasteiger partial charge is 0.417 e. The van der Waals surface area contributed by atoms with Gasteiger partial charge in [-0.25, -0.2) is 8.42 Å². The van der Waals surface area contributed by atoms with E-state index in [2.05, 4.69) is 10.5 Å². The number of carbonyl (C=O) groups excluding carboxylic acids is 1. The number of piperidine rings is 1.